The Balaban J connectivity index is 1.59. The summed E-state index contributed by atoms with van der Waals surface area (Å²) in [6.45, 7) is 9.15. The van der Waals surface area contributed by atoms with Crippen molar-refractivity contribution in [2.45, 2.75) is 52.0 Å². The molecule has 0 radical (unpaired) electrons. The van der Waals surface area contributed by atoms with E-state index in [-0.39, 0.29) is 5.91 Å². The Morgan fingerprint density at radius 3 is 2.69 bits per heavy atom. The van der Waals surface area contributed by atoms with Crippen molar-refractivity contribution in [2.24, 2.45) is 0 Å². The van der Waals surface area contributed by atoms with Gasteiger partial charge in [-0.2, -0.15) is 15.0 Å². The number of likely N-dealkylation sites (tertiary alicyclic amines) is 1. The van der Waals surface area contributed by atoms with Gasteiger partial charge in [0.2, 0.25) is 0 Å². The van der Waals surface area contributed by atoms with Crippen molar-refractivity contribution in [3.63, 3.8) is 0 Å². The van der Waals surface area contributed by atoms with Gasteiger partial charge in [-0.3, -0.25) is 4.79 Å². The highest BCUT2D eigenvalue weighted by Crippen LogP contribution is 2.40. The molecule has 1 aliphatic heterocycles. The number of aromatic nitrogens is 5. The number of imidazole rings is 1. The number of fused-ring (bicyclic) bond motifs is 1. The van der Waals surface area contributed by atoms with Crippen LogP contribution in [0.15, 0.2) is 48.8 Å². The lowest BCUT2D eigenvalue weighted by molar-refractivity contribution is 0.0605. The summed E-state index contributed by atoms with van der Waals surface area (Å²) in [7, 11) is 0. The maximum absolute atomic E-state index is 13.9. The highest BCUT2D eigenvalue weighted by atomic mass is 16.2. The van der Waals surface area contributed by atoms with Crippen LogP contribution in [0.2, 0.25) is 0 Å². The molecule has 0 aliphatic carbocycles. The normalized spacial score (nSPS) is 18.7. The van der Waals surface area contributed by atoms with Crippen LogP contribution in [0.25, 0.3) is 16.7 Å². The number of aryl methyl sites for hydroxylation is 1. The van der Waals surface area contributed by atoms with Crippen molar-refractivity contribution in [1.29, 1.82) is 0 Å². The van der Waals surface area contributed by atoms with E-state index in [0.717, 1.165) is 35.3 Å². The highest BCUT2D eigenvalue weighted by molar-refractivity contribution is 5.98. The second-order valence-electron chi connectivity index (χ2n) is 9.16. The van der Waals surface area contributed by atoms with Crippen LogP contribution < -0.4 is 0 Å². The van der Waals surface area contributed by atoms with Crippen LogP contribution in [0.1, 0.15) is 66.8 Å². The number of H-pyrrole nitrogens is 1. The molecule has 2 aromatic heterocycles. The van der Waals surface area contributed by atoms with E-state index in [1.807, 2.05) is 30.0 Å². The number of rotatable bonds is 4. The first kappa shape index (κ1) is 20.4. The van der Waals surface area contributed by atoms with Crippen molar-refractivity contribution in [3.05, 3.63) is 71.3 Å². The van der Waals surface area contributed by atoms with E-state index in [2.05, 4.69) is 54.2 Å². The Bertz CT molecular complexity index is 1290. The molecule has 5 rings (SSSR count). The van der Waals surface area contributed by atoms with Crippen LogP contribution in [0.3, 0.4) is 0 Å². The molecule has 4 aromatic rings. The van der Waals surface area contributed by atoms with Crippen molar-refractivity contribution >= 4 is 16.9 Å². The van der Waals surface area contributed by atoms with Crippen LogP contribution in [0.5, 0.6) is 0 Å². The summed E-state index contributed by atoms with van der Waals surface area (Å²) in [5.41, 5.74) is 5.03. The zero-order chi connectivity index (χ0) is 22.5. The fourth-order valence-electron chi connectivity index (χ4n) is 4.79. The minimum Gasteiger partial charge on any atom is -0.340 e. The number of amides is 1. The molecule has 1 N–H and O–H groups in total. The molecule has 0 spiro atoms. The molecule has 3 heterocycles. The van der Waals surface area contributed by atoms with Crippen LogP contribution in [0.4, 0.5) is 0 Å². The highest BCUT2D eigenvalue weighted by Gasteiger charge is 2.44. The van der Waals surface area contributed by atoms with E-state index in [9.17, 15) is 4.79 Å². The first-order valence-corrected chi connectivity index (χ1v) is 11.2. The molecule has 1 fully saturated rings. The standard InChI is InChI=1S/C25H28N6O/c1-16(2)18-7-5-8-20-22(18)29-24(28-20)25(4)11-6-14-30(25)23(32)19-15-17(3)9-10-21(19)31-26-12-13-27-31/h5,7-10,12-13,15-16H,6,11,14H2,1-4H3,(H,28,29)/t25-/m0/s1. The average Bonchev–Trinajstić information content (AvgIpc) is 3.52. The van der Waals surface area contributed by atoms with Crippen LogP contribution in [0, 0.1) is 6.92 Å². The molecule has 2 aromatic carbocycles. The fourth-order valence-corrected chi connectivity index (χ4v) is 4.79. The number of carbonyl (C=O) groups is 1. The maximum atomic E-state index is 13.9. The molecular weight excluding hydrogens is 400 g/mol. The van der Waals surface area contributed by atoms with Crippen molar-refractivity contribution in [3.8, 4) is 5.69 Å². The van der Waals surface area contributed by atoms with Crippen LogP contribution in [-0.2, 0) is 5.54 Å². The second-order valence-corrected chi connectivity index (χ2v) is 9.16. The smallest absolute Gasteiger partial charge is 0.256 e. The monoisotopic (exact) mass is 428 g/mol. The number of carbonyl (C=O) groups excluding carboxylic acids is 1. The quantitative estimate of drug-likeness (QED) is 0.510. The van der Waals surface area contributed by atoms with E-state index in [1.165, 1.54) is 10.4 Å². The molecule has 164 valence electrons. The van der Waals surface area contributed by atoms with Gasteiger partial charge in [-0.25, -0.2) is 4.98 Å². The molecule has 1 amide bonds. The maximum Gasteiger partial charge on any atom is 0.256 e. The molecule has 0 saturated carbocycles. The van der Waals surface area contributed by atoms with Crippen molar-refractivity contribution in [1.82, 2.24) is 29.9 Å². The SMILES string of the molecule is Cc1ccc(-n2nccn2)c(C(=O)N2CCC[C@@]2(C)c2nc3c(C(C)C)cccc3[nH]2)c1. The Hall–Kier alpha value is -3.48. The van der Waals surface area contributed by atoms with Crippen molar-refractivity contribution < 1.29 is 4.79 Å². The van der Waals surface area contributed by atoms with E-state index in [4.69, 9.17) is 4.98 Å². The summed E-state index contributed by atoms with van der Waals surface area (Å²) >= 11 is 0. The Morgan fingerprint density at radius 1 is 1.16 bits per heavy atom. The van der Waals surface area contributed by atoms with Gasteiger partial charge < -0.3 is 9.88 Å². The summed E-state index contributed by atoms with van der Waals surface area (Å²) in [5.74, 6) is 1.20. The largest absolute Gasteiger partial charge is 0.340 e. The molecule has 7 nitrogen and oxygen atoms in total. The van der Waals surface area contributed by atoms with E-state index >= 15 is 0 Å². The number of nitrogens with zero attached hydrogens (tertiary/aromatic N) is 5. The summed E-state index contributed by atoms with van der Waals surface area (Å²) in [5, 5.41) is 8.50. The third-order valence-electron chi connectivity index (χ3n) is 6.58. The van der Waals surface area contributed by atoms with Gasteiger partial charge in [-0.05, 0) is 56.4 Å². The molecule has 0 unspecified atom stereocenters. The molecule has 32 heavy (non-hydrogen) atoms. The molecule has 7 heteroatoms. The number of nitrogens with one attached hydrogen (secondary N) is 1. The summed E-state index contributed by atoms with van der Waals surface area (Å²) in [4.78, 5) is 25.9. The summed E-state index contributed by atoms with van der Waals surface area (Å²) in [6.07, 6.45) is 5.03. The lowest BCUT2D eigenvalue weighted by atomic mass is 9.96. The zero-order valence-electron chi connectivity index (χ0n) is 19.0. The van der Waals surface area contributed by atoms with Gasteiger partial charge in [0.05, 0.1) is 40.2 Å². The summed E-state index contributed by atoms with van der Waals surface area (Å²) in [6, 6.07) is 12.1. The van der Waals surface area contributed by atoms with Gasteiger partial charge in [-0.1, -0.05) is 37.6 Å². The van der Waals surface area contributed by atoms with Gasteiger partial charge in [0, 0.05) is 6.54 Å². The number of para-hydroxylation sites is 1. The first-order chi connectivity index (χ1) is 15.4. The predicted octanol–water partition coefficient (Wildman–Crippen LogP) is 4.73. The lowest BCUT2D eigenvalue weighted by Crippen LogP contribution is -2.44. The summed E-state index contributed by atoms with van der Waals surface area (Å²) < 4.78 is 0. The molecule has 1 atom stereocenters. The minimum absolute atomic E-state index is 0.0226. The minimum atomic E-state index is -0.511. The predicted molar refractivity (Wildman–Crippen MR) is 124 cm³/mol. The fraction of sp³-hybridized carbons (Fsp3) is 0.360. The Kier molecular flexibility index (Phi) is 4.84. The molecular formula is C25H28N6O. The third-order valence-corrected chi connectivity index (χ3v) is 6.58. The van der Waals surface area contributed by atoms with Gasteiger partial charge in [0.25, 0.3) is 5.91 Å². The van der Waals surface area contributed by atoms with Gasteiger partial charge in [0.15, 0.2) is 0 Å². The zero-order valence-corrected chi connectivity index (χ0v) is 19.0. The number of hydrogen-bond donors (Lipinski definition) is 1. The van der Waals surface area contributed by atoms with Crippen LogP contribution >= 0.6 is 0 Å². The topological polar surface area (TPSA) is 79.7 Å². The Morgan fingerprint density at radius 2 is 1.94 bits per heavy atom. The average molecular weight is 429 g/mol. The van der Waals surface area contributed by atoms with Crippen molar-refractivity contribution in [2.75, 3.05) is 6.54 Å². The van der Waals surface area contributed by atoms with E-state index < -0.39 is 5.54 Å². The van der Waals surface area contributed by atoms with E-state index in [0.29, 0.717) is 23.7 Å². The number of aromatic amines is 1. The Labute approximate surface area is 187 Å². The second kappa shape index (κ2) is 7.58. The van der Waals surface area contributed by atoms with Gasteiger partial charge in [0.1, 0.15) is 5.82 Å². The molecule has 0 bridgehead atoms. The van der Waals surface area contributed by atoms with Gasteiger partial charge >= 0.3 is 0 Å². The van der Waals surface area contributed by atoms with Gasteiger partial charge in [-0.15, -0.1) is 0 Å². The molecule has 1 aliphatic rings. The first-order valence-electron chi connectivity index (χ1n) is 11.2. The third kappa shape index (κ3) is 3.20. The number of benzene rings is 2. The van der Waals surface area contributed by atoms with Crippen LogP contribution in [-0.4, -0.2) is 42.3 Å². The number of hydrogen-bond acceptors (Lipinski definition) is 4. The lowest BCUT2D eigenvalue weighted by Gasteiger charge is -2.34. The molecule has 1 saturated heterocycles. The van der Waals surface area contributed by atoms with E-state index in [1.54, 1.807) is 12.4 Å².